The molecule has 2 rings (SSSR count). The van der Waals surface area contributed by atoms with E-state index in [4.69, 9.17) is 15.2 Å². The average molecular weight is 306 g/mol. The van der Waals surface area contributed by atoms with E-state index in [0.717, 1.165) is 6.42 Å². The van der Waals surface area contributed by atoms with E-state index in [1.807, 2.05) is 6.92 Å². The Morgan fingerprint density at radius 2 is 2.14 bits per heavy atom. The number of nitrogens with two attached hydrogens (primary N) is 1. The van der Waals surface area contributed by atoms with E-state index >= 15 is 0 Å². The lowest BCUT2D eigenvalue weighted by Gasteiger charge is -2.10. The maximum atomic E-state index is 12.0. The van der Waals surface area contributed by atoms with E-state index in [1.165, 1.54) is 0 Å². The van der Waals surface area contributed by atoms with Gasteiger partial charge < -0.3 is 15.2 Å². The summed E-state index contributed by atoms with van der Waals surface area (Å²) in [5.74, 6) is -0.448. The normalized spacial score (nSPS) is 11.0. The number of rotatable bonds is 7. The Hall–Kier alpha value is -2.15. The first kappa shape index (κ1) is 16.2. The largest absolute Gasteiger partial charge is 0.462 e. The van der Waals surface area contributed by atoms with Gasteiger partial charge >= 0.3 is 5.97 Å². The molecule has 2 aromatic heterocycles. The number of fused-ring (bicyclic) bond motifs is 1. The molecule has 0 aliphatic carbocycles. The van der Waals surface area contributed by atoms with Crippen LogP contribution in [0.15, 0.2) is 6.20 Å². The van der Waals surface area contributed by atoms with Crippen LogP contribution in [0.25, 0.3) is 11.0 Å². The molecule has 0 bridgehead atoms. The van der Waals surface area contributed by atoms with Gasteiger partial charge in [0.15, 0.2) is 5.65 Å². The molecule has 0 spiro atoms. The second kappa shape index (κ2) is 7.22. The molecule has 0 unspecified atom stereocenters. The van der Waals surface area contributed by atoms with E-state index in [1.54, 1.807) is 24.7 Å². The predicted molar refractivity (Wildman–Crippen MR) is 83.7 cm³/mol. The molecule has 0 radical (unpaired) electrons. The number of carbonyl (C=O) groups excluding carboxylic acids is 1. The molecular formula is C15H22N4O3. The Balaban J connectivity index is 2.32. The van der Waals surface area contributed by atoms with E-state index in [0.29, 0.717) is 54.3 Å². The maximum absolute atomic E-state index is 12.0. The number of nitrogen functional groups attached to an aromatic ring is 1. The molecule has 0 aliphatic rings. The molecule has 7 nitrogen and oxygen atoms in total. The number of hydrogen-bond acceptors (Lipinski definition) is 6. The second-order valence-corrected chi connectivity index (χ2v) is 4.86. The van der Waals surface area contributed by atoms with Crippen LogP contribution in [0.1, 0.15) is 36.3 Å². The second-order valence-electron chi connectivity index (χ2n) is 4.86. The van der Waals surface area contributed by atoms with Crippen molar-refractivity contribution in [2.45, 2.75) is 33.7 Å². The molecule has 2 heterocycles. The van der Waals surface area contributed by atoms with Gasteiger partial charge in [-0.05, 0) is 27.2 Å². The van der Waals surface area contributed by atoms with Gasteiger partial charge in [-0.3, -0.25) is 0 Å². The molecular weight excluding hydrogens is 284 g/mol. The highest BCUT2D eigenvalue weighted by Gasteiger charge is 2.20. The van der Waals surface area contributed by atoms with Crippen molar-refractivity contribution < 1.29 is 14.3 Å². The smallest absolute Gasteiger partial charge is 0.342 e. The number of aromatic nitrogens is 3. The van der Waals surface area contributed by atoms with Crippen LogP contribution in [0.4, 0.5) is 5.69 Å². The topological polar surface area (TPSA) is 92.3 Å². The van der Waals surface area contributed by atoms with Gasteiger partial charge in [0.2, 0.25) is 0 Å². The number of pyridine rings is 1. The number of esters is 1. The standard InChI is InChI=1S/C15H22N4O3/c1-4-21-8-6-7-19-14-11(9-17-19)13(16)12(10(3)18-14)15(20)22-5-2/h9H,4-8H2,1-3H3,(H2,16,18). The zero-order chi connectivity index (χ0) is 16.1. The highest BCUT2D eigenvalue weighted by atomic mass is 16.5. The third-order valence-electron chi connectivity index (χ3n) is 3.35. The number of hydrogen-bond donors (Lipinski definition) is 1. The van der Waals surface area contributed by atoms with Crippen molar-refractivity contribution in [1.29, 1.82) is 0 Å². The summed E-state index contributed by atoms with van der Waals surface area (Å²) in [6.07, 6.45) is 2.48. The van der Waals surface area contributed by atoms with Gasteiger partial charge in [0.25, 0.3) is 0 Å². The Morgan fingerprint density at radius 3 is 2.82 bits per heavy atom. The summed E-state index contributed by atoms with van der Waals surface area (Å²) < 4.78 is 12.1. The molecule has 2 aromatic rings. The van der Waals surface area contributed by atoms with Crippen LogP contribution in [-0.2, 0) is 16.0 Å². The molecule has 22 heavy (non-hydrogen) atoms. The minimum Gasteiger partial charge on any atom is -0.462 e. The van der Waals surface area contributed by atoms with Crippen molar-refractivity contribution in [3.05, 3.63) is 17.5 Å². The third-order valence-corrected chi connectivity index (χ3v) is 3.35. The van der Waals surface area contributed by atoms with E-state index in [9.17, 15) is 4.79 Å². The van der Waals surface area contributed by atoms with Crippen LogP contribution < -0.4 is 5.73 Å². The summed E-state index contributed by atoms with van der Waals surface area (Å²) >= 11 is 0. The number of nitrogens with zero attached hydrogens (tertiary/aromatic N) is 3. The molecule has 2 N–H and O–H groups in total. The van der Waals surface area contributed by atoms with E-state index in [2.05, 4.69) is 10.1 Å². The van der Waals surface area contributed by atoms with Crippen molar-refractivity contribution in [2.75, 3.05) is 25.6 Å². The fourth-order valence-electron chi connectivity index (χ4n) is 2.32. The Bertz CT molecular complexity index is 666. The molecule has 7 heteroatoms. The predicted octanol–water partition coefficient (Wildman–Crippen LogP) is 1.93. The van der Waals surface area contributed by atoms with Crippen LogP contribution in [-0.4, -0.2) is 40.6 Å². The van der Waals surface area contributed by atoms with Crippen molar-refractivity contribution in [1.82, 2.24) is 14.8 Å². The van der Waals surface area contributed by atoms with Crippen LogP contribution in [0.2, 0.25) is 0 Å². The summed E-state index contributed by atoms with van der Waals surface area (Å²) in [6, 6.07) is 0. The van der Waals surface area contributed by atoms with Crippen LogP contribution in [0.5, 0.6) is 0 Å². The van der Waals surface area contributed by atoms with Crippen molar-refractivity contribution in [3.63, 3.8) is 0 Å². The quantitative estimate of drug-likeness (QED) is 0.620. The fourth-order valence-corrected chi connectivity index (χ4v) is 2.32. The lowest BCUT2D eigenvalue weighted by Crippen LogP contribution is -2.12. The molecule has 0 fully saturated rings. The van der Waals surface area contributed by atoms with Gasteiger partial charge in [-0.15, -0.1) is 0 Å². The zero-order valence-corrected chi connectivity index (χ0v) is 13.3. The van der Waals surface area contributed by atoms with Crippen LogP contribution in [0, 0.1) is 6.92 Å². The first-order valence-corrected chi connectivity index (χ1v) is 7.46. The summed E-state index contributed by atoms with van der Waals surface area (Å²) in [6.45, 7) is 7.83. The zero-order valence-electron chi connectivity index (χ0n) is 13.3. The summed E-state index contributed by atoms with van der Waals surface area (Å²) in [7, 11) is 0. The number of carbonyl (C=O) groups is 1. The van der Waals surface area contributed by atoms with Crippen LogP contribution in [0.3, 0.4) is 0 Å². The molecule has 0 saturated carbocycles. The lowest BCUT2D eigenvalue weighted by atomic mass is 10.1. The monoisotopic (exact) mass is 306 g/mol. The molecule has 0 aromatic carbocycles. The Morgan fingerprint density at radius 1 is 1.36 bits per heavy atom. The van der Waals surface area contributed by atoms with Crippen molar-refractivity contribution in [3.8, 4) is 0 Å². The highest BCUT2D eigenvalue weighted by Crippen LogP contribution is 2.26. The number of ether oxygens (including phenoxy) is 2. The van der Waals surface area contributed by atoms with E-state index < -0.39 is 5.97 Å². The number of anilines is 1. The van der Waals surface area contributed by atoms with Gasteiger partial charge in [-0.25, -0.2) is 14.5 Å². The number of aryl methyl sites for hydroxylation is 2. The molecule has 0 saturated heterocycles. The third kappa shape index (κ3) is 3.19. The highest BCUT2D eigenvalue weighted by molar-refractivity contribution is 6.04. The van der Waals surface area contributed by atoms with E-state index in [-0.39, 0.29) is 0 Å². The van der Waals surface area contributed by atoms with Gasteiger partial charge in [-0.1, -0.05) is 0 Å². The van der Waals surface area contributed by atoms with Crippen molar-refractivity contribution >= 4 is 22.7 Å². The summed E-state index contributed by atoms with van der Waals surface area (Å²) in [4.78, 5) is 16.5. The van der Waals surface area contributed by atoms with Gasteiger partial charge in [0, 0.05) is 19.8 Å². The van der Waals surface area contributed by atoms with Crippen molar-refractivity contribution in [2.24, 2.45) is 0 Å². The first-order chi connectivity index (χ1) is 10.6. The van der Waals surface area contributed by atoms with Gasteiger partial charge in [0.05, 0.1) is 29.6 Å². The lowest BCUT2D eigenvalue weighted by molar-refractivity contribution is 0.0526. The Labute approximate surface area is 129 Å². The summed E-state index contributed by atoms with van der Waals surface area (Å²) in [5, 5.41) is 4.98. The first-order valence-electron chi connectivity index (χ1n) is 7.46. The minimum absolute atomic E-state index is 0.298. The average Bonchev–Trinajstić information content (AvgIpc) is 2.87. The molecule has 0 aliphatic heterocycles. The fraction of sp³-hybridized carbons (Fsp3) is 0.533. The maximum Gasteiger partial charge on any atom is 0.342 e. The van der Waals surface area contributed by atoms with Gasteiger partial charge in [-0.2, -0.15) is 5.10 Å². The molecule has 120 valence electrons. The molecule has 0 amide bonds. The Kier molecular flexibility index (Phi) is 5.32. The molecule has 0 atom stereocenters. The van der Waals surface area contributed by atoms with Crippen LogP contribution >= 0.6 is 0 Å². The van der Waals surface area contributed by atoms with Gasteiger partial charge in [0.1, 0.15) is 5.56 Å². The SMILES string of the molecule is CCOCCCn1ncc2c(N)c(C(=O)OCC)c(C)nc21. The minimum atomic E-state index is -0.448. The summed E-state index contributed by atoms with van der Waals surface area (Å²) in [5.41, 5.74) is 8.05.